The van der Waals surface area contributed by atoms with Crippen molar-refractivity contribution in [3.63, 3.8) is 0 Å². The summed E-state index contributed by atoms with van der Waals surface area (Å²) in [6.07, 6.45) is 3.14. The van der Waals surface area contributed by atoms with E-state index in [1.807, 2.05) is 30.3 Å². The van der Waals surface area contributed by atoms with Crippen molar-refractivity contribution in [2.24, 2.45) is 10.3 Å². The van der Waals surface area contributed by atoms with Crippen molar-refractivity contribution in [1.82, 2.24) is 0 Å². The summed E-state index contributed by atoms with van der Waals surface area (Å²) in [5.41, 5.74) is 0.353. The van der Waals surface area contributed by atoms with Gasteiger partial charge in [-0.3, -0.25) is 0 Å². The highest BCUT2D eigenvalue weighted by molar-refractivity contribution is 5.94. The molecular weight excluding hydrogens is 204 g/mol. The maximum absolute atomic E-state index is 11.2. The van der Waals surface area contributed by atoms with E-state index in [9.17, 15) is 4.91 Å². The molecule has 0 bridgehead atoms. The number of benzene rings is 1. The Morgan fingerprint density at radius 1 is 1.19 bits per heavy atom. The van der Waals surface area contributed by atoms with Crippen LogP contribution in [0.5, 0.6) is 0 Å². The fraction of sp³-hybridized carbons (Fsp3) is 0.417. The topological polar surface area (TPSA) is 62.0 Å². The minimum atomic E-state index is -0.950. The largest absolute Gasteiger partial charge is 0.411 e. The molecule has 0 aromatic heterocycles. The second-order valence-electron chi connectivity index (χ2n) is 4.07. The molecule has 16 heavy (non-hydrogen) atoms. The van der Waals surface area contributed by atoms with Crippen LogP contribution in [0.3, 0.4) is 0 Å². The zero-order chi connectivity index (χ0) is 11.4. The average molecular weight is 218 g/mol. The number of hydrogen-bond acceptors (Lipinski definition) is 4. The van der Waals surface area contributed by atoms with Gasteiger partial charge in [0.15, 0.2) is 5.54 Å². The van der Waals surface area contributed by atoms with E-state index in [-0.39, 0.29) is 0 Å². The summed E-state index contributed by atoms with van der Waals surface area (Å²) < 4.78 is 0. The Bertz CT molecular complexity index is 403. The first-order valence-electron chi connectivity index (χ1n) is 5.45. The van der Waals surface area contributed by atoms with Crippen LogP contribution in [0, 0.1) is 4.91 Å². The summed E-state index contributed by atoms with van der Waals surface area (Å²) in [6, 6.07) is 9.34. The lowest BCUT2D eigenvalue weighted by molar-refractivity contribution is 0.304. The molecule has 4 heteroatoms. The van der Waals surface area contributed by atoms with Crippen LogP contribution in [-0.2, 0) is 5.54 Å². The Labute approximate surface area is 94.0 Å². The van der Waals surface area contributed by atoms with Crippen molar-refractivity contribution < 1.29 is 5.21 Å². The van der Waals surface area contributed by atoms with Crippen molar-refractivity contribution in [3.05, 3.63) is 40.8 Å². The van der Waals surface area contributed by atoms with E-state index in [4.69, 9.17) is 5.21 Å². The van der Waals surface area contributed by atoms with E-state index in [1.165, 1.54) is 0 Å². The summed E-state index contributed by atoms with van der Waals surface area (Å²) >= 11 is 0. The predicted molar refractivity (Wildman–Crippen MR) is 61.6 cm³/mol. The van der Waals surface area contributed by atoms with Crippen LogP contribution in [0.15, 0.2) is 40.7 Å². The van der Waals surface area contributed by atoms with Gasteiger partial charge in [-0.25, -0.2) is 0 Å². The zero-order valence-corrected chi connectivity index (χ0v) is 8.97. The van der Waals surface area contributed by atoms with Gasteiger partial charge in [-0.1, -0.05) is 40.7 Å². The van der Waals surface area contributed by atoms with Crippen molar-refractivity contribution >= 4 is 5.71 Å². The molecule has 84 valence electrons. The van der Waals surface area contributed by atoms with Crippen LogP contribution in [0.4, 0.5) is 0 Å². The van der Waals surface area contributed by atoms with Gasteiger partial charge in [-0.05, 0) is 31.2 Å². The van der Waals surface area contributed by atoms with Crippen LogP contribution in [-0.4, -0.2) is 10.9 Å². The minimum Gasteiger partial charge on any atom is -0.411 e. The van der Waals surface area contributed by atoms with E-state index in [1.54, 1.807) is 0 Å². The van der Waals surface area contributed by atoms with Crippen LogP contribution < -0.4 is 0 Å². The first-order valence-corrected chi connectivity index (χ1v) is 5.45. The molecule has 1 saturated carbocycles. The molecule has 0 heterocycles. The number of nitroso groups, excluding NO2 is 1. The van der Waals surface area contributed by atoms with Crippen LogP contribution in [0.25, 0.3) is 0 Å². The lowest BCUT2D eigenvalue weighted by atomic mass is 9.76. The van der Waals surface area contributed by atoms with E-state index in [0.29, 0.717) is 18.6 Å². The van der Waals surface area contributed by atoms with E-state index < -0.39 is 5.54 Å². The molecule has 1 N–H and O–H groups in total. The smallest absolute Gasteiger partial charge is 0.168 e. The molecule has 1 aliphatic carbocycles. The summed E-state index contributed by atoms with van der Waals surface area (Å²) in [5, 5.41) is 15.5. The van der Waals surface area contributed by atoms with Gasteiger partial charge >= 0.3 is 0 Å². The normalized spacial score (nSPS) is 27.9. The molecule has 0 saturated heterocycles. The molecule has 1 aromatic rings. The van der Waals surface area contributed by atoms with Gasteiger partial charge in [0, 0.05) is 0 Å². The van der Waals surface area contributed by atoms with Crippen molar-refractivity contribution in [1.29, 1.82) is 0 Å². The Morgan fingerprint density at radius 2 is 1.94 bits per heavy atom. The summed E-state index contributed by atoms with van der Waals surface area (Å²) in [7, 11) is 0. The van der Waals surface area contributed by atoms with E-state index in [2.05, 4.69) is 10.3 Å². The molecule has 1 aromatic carbocycles. The van der Waals surface area contributed by atoms with Gasteiger partial charge in [-0.15, -0.1) is 4.91 Å². The predicted octanol–water partition coefficient (Wildman–Crippen LogP) is 3.05. The third kappa shape index (κ3) is 1.60. The molecule has 0 amide bonds. The Hall–Kier alpha value is -1.71. The highest BCUT2D eigenvalue weighted by Crippen LogP contribution is 2.38. The molecule has 0 unspecified atom stereocenters. The number of rotatable bonds is 2. The van der Waals surface area contributed by atoms with Crippen LogP contribution >= 0.6 is 0 Å². The lowest BCUT2D eigenvalue weighted by Gasteiger charge is -2.31. The van der Waals surface area contributed by atoms with E-state index in [0.717, 1.165) is 18.4 Å². The molecule has 0 spiro atoms. The van der Waals surface area contributed by atoms with E-state index >= 15 is 0 Å². The summed E-state index contributed by atoms with van der Waals surface area (Å²) in [6.45, 7) is 0. The fourth-order valence-electron chi connectivity index (χ4n) is 2.33. The maximum Gasteiger partial charge on any atom is 0.168 e. The highest BCUT2D eigenvalue weighted by Gasteiger charge is 2.41. The summed E-state index contributed by atoms with van der Waals surface area (Å²) in [5.74, 6) is 0. The second kappa shape index (κ2) is 4.43. The average Bonchev–Trinajstić information content (AvgIpc) is 2.39. The lowest BCUT2D eigenvalue weighted by Crippen LogP contribution is -2.36. The molecule has 1 aliphatic rings. The molecule has 2 rings (SSSR count). The van der Waals surface area contributed by atoms with Crippen molar-refractivity contribution in [2.45, 2.75) is 31.2 Å². The fourth-order valence-corrected chi connectivity index (χ4v) is 2.33. The first-order chi connectivity index (χ1) is 7.83. The van der Waals surface area contributed by atoms with Gasteiger partial charge in [0.25, 0.3) is 0 Å². The van der Waals surface area contributed by atoms with Crippen molar-refractivity contribution in [3.8, 4) is 0 Å². The molecule has 1 fully saturated rings. The van der Waals surface area contributed by atoms with Crippen LogP contribution in [0.1, 0.15) is 31.2 Å². The van der Waals surface area contributed by atoms with Crippen molar-refractivity contribution in [2.75, 3.05) is 0 Å². The number of hydrogen-bond donors (Lipinski definition) is 1. The number of oxime groups is 1. The zero-order valence-electron chi connectivity index (χ0n) is 8.97. The van der Waals surface area contributed by atoms with Gasteiger partial charge in [0.2, 0.25) is 0 Å². The van der Waals surface area contributed by atoms with Gasteiger partial charge in [0.05, 0.1) is 5.71 Å². The SMILES string of the molecule is O=N[C@]1(c2ccccc2)CCCC/C1=N\O. The monoisotopic (exact) mass is 218 g/mol. The van der Waals surface area contributed by atoms with Gasteiger partial charge in [0.1, 0.15) is 0 Å². The molecule has 0 aliphatic heterocycles. The highest BCUT2D eigenvalue weighted by atomic mass is 16.4. The third-order valence-electron chi connectivity index (χ3n) is 3.21. The van der Waals surface area contributed by atoms with Gasteiger partial charge in [-0.2, -0.15) is 0 Å². The molecule has 0 radical (unpaired) electrons. The van der Waals surface area contributed by atoms with Crippen LogP contribution in [0.2, 0.25) is 0 Å². The molecule has 1 atom stereocenters. The number of nitrogens with zero attached hydrogens (tertiary/aromatic N) is 2. The first kappa shape index (κ1) is 10.8. The second-order valence-corrected chi connectivity index (χ2v) is 4.07. The Balaban J connectivity index is 2.49. The molecular formula is C12H14N2O2. The Morgan fingerprint density at radius 3 is 2.56 bits per heavy atom. The quantitative estimate of drug-likeness (QED) is 0.471. The molecule has 4 nitrogen and oxygen atoms in total. The maximum atomic E-state index is 11.2. The third-order valence-corrected chi connectivity index (χ3v) is 3.21. The minimum absolute atomic E-state index is 0.486. The standard InChI is InChI=1S/C12H14N2O2/c15-13-11-8-4-5-9-12(11,14-16)10-6-2-1-3-7-10/h1-3,6-7,15H,4-5,8-9H2/b13-11+/t12-/m0/s1. The van der Waals surface area contributed by atoms with Gasteiger partial charge < -0.3 is 5.21 Å². The summed E-state index contributed by atoms with van der Waals surface area (Å²) in [4.78, 5) is 11.2. The Kier molecular flexibility index (Phi) is 2.99.